The summed E-state index contributed by atoms with van der Waals surface area (Å²) in [4.78, 5) is 0. The Labute approximate surface area is 106 Å². The van der Waals surface area contributed by atoms with Gasteiger partial charge >= 0.3 is 14.8 Å². The lowest BCUT2D eigenvalue weighted by molar-refractivity contribution is 0.426. The minimum atomic E-state index is -1.45. The summed E-state index contributed by atoms with van der Waals surface area (Å²) in [5, 5.41) is 26.5. The van der Waals surface area contributed by atoms with Crippen molar-refractivity contribution in [3.8, 4) is 16.9 Å². The van der Waals surface area contributed by atoms with Crippen LogP contribution >= 0.6 is 0 Å². The molecule has 4 nitrogen and oxygen atoms in total. The van der Waals surface area contributed by atoms with Gasteiger partial charge in [-0.15, -0.1) is 0 Å². The lowest BCUT2D eigenvalue weighted by Gasteiger charge is -2.05. The molecule has 0 aliphatic carbocycles. The lowest BCUT2D eigenvalue weighted by Crippen LogP contribution is -2.29. The molecule has 18 heavy (non-hydrogen) atoms. The van der Waals surface area contributed by atoms with Gasteiger partial charge in [-0.2, -0.15) is 0 Å². The average molecular weight is 241 g/mol. The summed E-state index contributed by atoms with van der Waals surface area (Å²) in [6.07, 6.45) is 0. The van der Waals surface area contributed by atoms with Crippen molar-refractivity contribution in [1.82, 2.24) is 0 Å². The van der Waals surface area contributed by atoms with E-state index < -0.39 is 7.12 Å². The number of benzene rings is 2. The normalized spacial score (nSPS) is 9.94. The van der Waals surface area contributed by atoms with E-state index >= 15 is 0 Å². The Morgan fingerprint density at radius 2 is 1.33 bits per heavy atom. The van der Waals surface area contributed by atoms with E-state index in [1.807, 2.05) is 24.3 Å². The van der Waals surface area contributed by atoms with Gasteiger partial charge in [0.05, 0.1) is 0 Å². The summed E-state index contributed by atoms with van der Waals surface area (Å²) < 4.78 is 4.81. The first kappa shape index (κ1) is 12.7. The predicted molar refractivity (Wildman–Crippen MR) is 70.3 cm³/mol. The summed E-state index contributed by atoms with van der Waals surface area (Å²) in [6, 6.07) is 14.1. The molecule has 0 bridgehead atoms. The molecule has 0 atom stereocenters. The predicted octanol–water partition coefficient (Wildman–Crippen LogP) is -0.0613. The van der Waals surface area contributed by atoms with Crippen LogP contribution in [0, 0.1) is 0 Å². The highest BCUT2D eigenvalue weighted by atomic mass is 16.5. The van der Waals surface area contributed by atoms with Gasteiger partial charge in [0.2, 0.25) is 0 Å². The molecule has 2 aromatic carbocycles. The molecule has 0 amide bonds. The van der Waals surface area contributed by atoms with E-state index in [1.165, 1.54) is 0 Å². The molecule has 1 radical (unpaired) electrons. The third-order valence-corrected chi connectivity index (χ3v) is 2.59. The second-order valence-corrected chi connectivity index (χ2v) is 3.74. The zero-order valence-electron chi connectivity index (χ0n) is 9.52. The van der Waals surface area contributed by atoms with E-state index in [4.69, 9.17) is 19.7 Å². The zero-order chi connectivity index (χ0) is 13.0. The van der Waals surface area contributed by atoms with Gasteiger partial charge in [-0.1, -0.05) is 36.4 Å². The molecule has 89 valence electrons. The maximum absolute atomic E-state index is 8.99. The topological polar surface area (TPSA) is 69.9 Å². The Morgan fingerprint density at radius 3 is 1.78 bits per heavy atom. The third-order valence-electron chi connectivity index (χ3n) is 2.59. The Kier molecular flexibility index (Phi) is 4.04. The number of hydrogen-bond donors (Lipinski definition) is 3. The standard InChI is InChI=1S/C12H11B2O4/c15-13-18-12-7-3-10(4-8-12)9-1-5-11(6-2-9)14(16)17/h1-8,15-17H. The number of hydrogen-bond acceptors (Lipinski definition) is 4. The quantitative estimate of drug-likeness (QED) is 0.655. The van der Waals surface area contributed by atoms with Crippen LogP contribution in [0.5, 0.6) is 5.75 Å². The molecule has 0 aliphatic heterocycles. The van der Waals surface area contributed by atoms with Crippen LogP contribution in [0.4, 0.5) is 0 Å². The van der Waals surface area contributed by atoms with Crippen molar-refractivity contribution >= 4 is 20.3 Å². The first-order chi connectivity index (χ1) is 8.70. The molecule has 6 heteroatoms. The van der Waals surface area contributed by atoms with Crippen molar-refractivity contribution < 1.29 is 19.7 Å². The molecule has 0 aromatic heterocycles. The van der Waals surface area contributed by atoms with E-state index in [0.29, 0.717) is 18.9 Å². The van der Waals surface area contributed by atoms with Gasteiger partial charge in [-0.25, -0.2) is 0 Å². The molecule has 3 N–H and O–H groups in total. The van der Waals surface area contributed by atoms with Crippen LogP contribution in [0.1, 0.15) is 0 Å². The van der Waals surface area contributed by atoms with Crippen LogP contribution in [0.2, 0.25) is 0 Å². The maximum Gasteiger partial charge on any atom is 0.569 e. The summed E-state index contributed by atoms with van der Waals surface area (Å²) in [5.74, 6) is 0.545. The molecule has 2 aromatic rings. The highest BCUT2D eigenvalue weighted by Gasteiger charge is 2.09. The van der Waals surface area contributed by atoms with Gasteiger partial charge in [0, 0.05) is 0 Å². The highest BCUT2D eigenvalue weighted by molar-refractivity contribution is 6.58. The third kappa shape index (κ3) is 2.92. The second kappa shape index (κ2) is 5.73. The summed E-state index contributed by atoms with van der Waals surface area (Å²) in [5.41, 5.74) is 2.38. The lowest BCUT2D eigenvalue weighted by atomic mass is 9.80. The van der Waals surface area contributed by atoms with Gasteiger partial charge < -0.3 is 19.7 Å². The maximum atomic E-state index is 8.99. The minimum Gasteiger partial charge on any atom is -0.537 e. The van der Waals surface area contributed by atoms with E-state index in [1.54, 1.807) is 24.3 Å². The van der Waals surface area contributed by atoms with E-state index in [2.05, 4.69) is 0 Å². The molecule has 0 saturated carbocycles. The van der Waals surface area contributed by atoms with Gasteiger partial charge in [0.15, 0.2) is 0 Å². The molecule has 0 fully saturated rings. The van der Waals surface area contributed by atoms with Crippen LogP contribution < -0.4 is 10.1 Å². The molecule has 0 aliphatic rings. The van der Waals surface area contributed by atoms with Crippen molar-refractivity contribution in [1.29, 1.82) is 0 Å². The molecule has 0 heterocycles. The highest BCUT2D eigenvalue weighted by Crippen LogP contribution is 2.21. The smallest absolute Gasteiger partial charge is 0.537 e. The molecule has 0 saturated heterocycles. The SMILES string of the molecule is O[B]Oc1ccc(-c2ccc(B(O)O)cc2)cc1. The minimum absolute atomic E-state index is 0.452. The number of rotatable bonds is 4. The van der Waals surface area contributed by atoms with Crippen molar-refractivity contribution in [2.24, 2.45) is 0 Å². The van der Waals surface area contributed by atoms with Gasteiger partial charge in [0.25, 0.3) is 0 Å². The second-order valence-electron chi connectivity index (χ2n) is 3.74. The fourth-order valence-electron chi connectivity index (χ4n) is 1.63. The largest absolute Gasteiger partial charge is 0.569 e. The average Bonchev–Trinajstić information content (AvgIpc) is 2.40. The van der Waals surface area contributed by atoms with Crippen LogP contribution in [0.15, 0.2) is 48.5 Å². The fourth-order valence-corrected chi connectivity index (χ4v) is 1.63. The van der Waals surface area contributed by atoms with Crippen LogP contribution in [0.3, 0.4) is 0 Å². The Hall–Kier alpha value is -1.75. The van der Waals surface area contributed by atoms with Gasteiger partial charge in [-0.3, -0.25) is 0 Å². The summed E-state index contributed by atoms with van der Waals surface area (Å²) >= 11 is 0. The van der Waals surface area contributed by atoms with Crippen molar-refractivity contribution in [2.45, 2.75) is 0 Å². The summed E-state index contributed by atoms with van der Waals surface area (Å²) in [6.45, 7) is 0. The molecule has 2 rings (SSSR count). The first-order valence-electron chi connectivity index (χ1n) is 5.40. The van der Waals surface area contributed by atoms with Crippen LogP contribution in [-0.2, 0) is 0 Å². The van der Waals surface area contributed by atoms with E-state index in [-0.39, 0.29) is 0 Å². The van der Waals surface area contributed by atoms with E-state index in [0.717, 1.165) is 11.1 Å². The van der Waals surface area contributed by atoms with Crippen molar-refractivity contribution in [3.63, 3.8) is 0 Å². The van der Waals surface area contributed by atoms with Gasteiger partial charge in [-0.05, 0) is 28.7 Å². The fraction of sp³-hybridized carbons (Fsp3) is 0. The monoisotopic (exact) mass is 241 g/mol. The Balaban J connectivity index is 2.20. The van der Waals surface area contributed by atoms with Gasteiger partial charge in [0.1, 0.15) is 5.75 Å². The van der Waals surface area contributed by atoms with Crippen LogP contribution in [-0.4, -0.2) is 29.9 Å². The van der Waals surface area contributed by atoms with Crippen molar-refractivity contribution in [3.05, 3.63) is 48.5 Å². The molecular weight excluding hydrogens is 230 g/mol. The van der Waals surface area contributed by atoms with E-state index in [9.17, 15) is 0 Å². The molecular formula is C12H11B2O4. The first-order valence-corrected chi connectivity index (χ1v) is 5.40. The molecule has 0 unspecified atom stereocenters. The Morgan fingerprint density at radius 1 is 0.833 bits per heavy atom. The molecule has 0 spiro atoms. The summed E-state index contributed by atoms with van der Waals surface area (Å²) in [7, 11) is -0.818. The zero-order valence-corrected chi connectivity index (χ0v) is 9.52. The van der Waals surface area contributed by atoms with Crippen molar-refractivity contribution in [2.75, 3.05) is 0 Å². The van der Waals surface area contributed by atoms with Crippen LogP contribution in [0.25, 0.3) is 11.1 Å². The Bertz CT molecular complexity index is 496.